The Balaban J connectivity index is 2.50. The Labute approximate surface area is 208 Å². The van der Waals surface area contributed by atoms with Crippen molar-refractivity contribution in [3.05, 3.63) is 53.6 Å². The van der Waals surface area contributed by atoms with Crippen LogP contribution >= 0.6 is 0 Å². The molecule has 10 heteroatoms. The first kappa shape index (κ1) is 28.0. The third-order valence-corrected chi connectivity index (χ3v) is 6.66. The topological polar surface area (TPSA) is 105 Å². The normalized spacial score (nSPS) is 12.1. The number of carbonyl (C=O) groups excluding carboxylic acids is 2. The lowest BCUT2D eigenvalue weighted by atomic mass is 10.1. The minimum Gasteiger partial charge on any atom is -0.497 e. The van der Waals surface area contributed by atoms with Gasteiger partial charge in [-0.3, -0.25) is 13.9 Å². The molecular formula is C25H35N3O6S. The highest BCUT2D eigenvalue weighted by atomic mass is 32.2. The van der Waals surface area contributed by atoms with Gasteiger partial charge >= 0.3 is 0 Å². The van der Waals surface area contributed by atoms with Gasteiger partial charge in [-0.05, 0) is 51.0 Å². The van der Waals surface area contributed by atoms with Crippen LogP contribution in [-0.4, -0.2) is 64.2 Å². The Morgan fingerprint density at radius 1 is 1.03 bits per heavy atom. The molecule has 0 bridgehead atoms. The molecule has 0 saturated heterocycles. The van der Waals surface area contributed by atoms with Crippen molar-refractivity contribution < 1.29 is 27.5 Å². The van der Waals surface area contributed by atoms with E-state index in [0.717, 1.165) is 21.7 Å². The number of aryl methyl sites for hydroxylation is 1. The molecule has 0 heterocycles. The Bertz CT molecular complexity index is 1150. The Morgan fingerprint density at radius 3 is 2.23 bits per heavy atom. The molecule has 0 aliphatic rings. The van der Waals surface area contributed by atoms with E-state index in [1.807, 2.05) is 45.0 Å². The first-order chi connectivity index (χ1) is 16.4. The van der Waals surface area contributed by atoms with Crippen LogP contribution in [0.15, 0.2) is 42.5 Å². The monoisotopic (exact) mass is 505 g/mol. The number of anilines is 1. The second-order valence-electron chi connectivity index (χ2n) is 8.59. The molecule has 35 heavy (non-hydrogen) atoms. The molecule has 0 aromatic heterocycles. The first-order valence-corrected chi connectivity index (χ1v) is 13.1. The summed E-state index contributed by atoms with van der Waals surface area (Å²) in [5, 5.41) is 2.83. The second-order valence-corrected chi connectivity index (χ2v) is 10.5. The van der Waals surface area contributed by atoms with E-state index < -0.39 is 28.5 Å². The number of rotatable bonds is 11. The van der Waals surface area contributed by atoms with Crippen molar-refractivity contribution in [2.75, 3.05) is 31.3 Å². The lowest BCUT2D eigenvalue weighted by molar-refractivity contribution is -0.139. The molecule has 0 radical (unpaired) electrons. The number of hydrogen-bond donors (Lipinski definition) is 1. The van der Waals surface area contributed by atoms with E-state index >= 15 is 0 Å². The van der Waals surface area contributed by atoms with Crippen LogP contribution in [0.4, 0.5) is 5.69 Å². The number of nitrogens with zero attached hydrogens (tertiary/aromatic N) is 2. The molecule has 2 aromatic carbocycles. The molecule has 1 atom stereocenters. The number of benzene rings is 2. The van der Waals surface area contributed by atoms with Gasteiger partial charge in [0.25, 0.3) is 0 Å². The zero-order valence-corrected chi connectivity index (χ0v) is 22.2. The smallest absolute Gasteiger partial charge is 0.244 e. The van der Waals surface area contributed by atoms with Crippen molar-refractivity contribution in [1.29, 1.82) is 0 Å². The molecule has 1 N–H and O–H groups in total. The van der Waals surface area contributed by atoms with Crippen LogP contribution in [0, 0.1) is 6.92 Å². The third kappa shape index (κ3) is 7.35. The highest BCUT2D eigenvalue weighted by Gasteiger charge is 2.31. The predicted octanol–water partition coefficient (Wildman–Crippen LogP) is 2.72. The summed E-state index contributed by atoms with van der Waals surface area (Å²) in [5.41, 5.74) is 1.98. The Hall–Kier alpha value is -3.27. The largest absolute Gasteiger partial charge is 0.497 e. The van der Waals surface area contributed by atoms with E-state index in [2.05, 4.69) is 5.32 Å². The lowest BCUT2D eigenvalue weighted by Crippen LogP contribution is -2.52. The van der Waals surface area contributed by atoms with E-state index in [1.54, 1.807) is 19.1 Å². The molecule has 9 nitrogen and oxygen atoms in total. The van der Waals surface area contributed by atoms with E-state index in [4.69, 9.17) is 9.47 Å². The minimum absolute atomic E-state index is 0.117. The van der Waals surface area contributed by atoms with Crippen molar-refractivity contribution in [2.45, 2.75) is 46.3 Å². The van der Waals surface area contributed by atoms with E-state index in [-0.39, 0.29) is 29.9 Å². The lowest BCUT2D eigenvalue weighted by Gasteiger charge is -2.32. The van der Waals surface area contributed by atoms with Gasteiger partial charge in [0.2, 0.25) is 21.8 Å². The summed E-state index contributed by atoms with van der Waals surface area (Å²) in [6.07, 6.45) is 1.01. The van der Waals surface area contributed by atoms with Gasteiger partial charge in [0.15, 0.2) is 0 Å². The SMILES string of the molecule is COc1ccc(OC)c(N(CC(=O)N(Cc2ccccc2C)[C@@H](C)C(=O)NC(C)C)S(C)(=O)=O)c1. The summed E-state index contributed by atoms with van der Waals surface area (Å²) < 4.78 is 37.2. The van der Waals surface area contributed by atoms with Crippen LogP contribution in [0.3, 0.4) is 0 Å². The van der Waals surface area contributed by atoms with Crippen molar-refractivity contribution in [3.8, 4) is 11.5 Å². The highest BCUT2D eigenvalue weighted by molar-refractivity contribution is 7.92. The predicted molar refractivity (Wildman–Crippen MR) is 136 cm³/mol. The van der Waals surface area contributed by atoms with E-state index in [9.17, 15) is 18.0 Å². The molecule has 2 amide bonds. The van der Waals surface area contributed by atoms with Crippen LogP contribution in [0.1, 0.15) is 31.9 Å². The molecule has 0 saturated carbocycles. The second kappa shape index (κ2) is 11.9. The Kier molecular flexibility index (Phi) is 9.53. The van der Waals surface area contributed by atoms with Gasteiger partial charge in [0.1, 0.15) is 24.1 Å². The summed E-state index contributed by atoms with van der Waals surface area (Å²) in [6, 6.07) is 11.3. The molecule has 192 valence electrons. The van der Waals surface area contributed by atoms with Crippen molar-refractivity contribution >= 4 is 27.5 Å². The van der Waals surface area contributed by atoms with Gasteiger partial charge in [-0.1, -0.05) is 24.3 Å². The maximum atomic E-state index is 13.6. The number of amides is 2. The fourth-order valence-electron chi connectivity index (χ4n) is 3.55. The van der Waals surface area contributed by atoms with E-state index in [0.29, 0.717) is 5.75 Å². The van der Waals surface area contributed by atoms with Crippen LogP contribution in [-0.2, 0) is 26.2 Å². The number of sulfonamides is 1. The fourth-order valence-corrected chi connectivity index (χ4v) is 4.39. The third-order valence-electron chi connectivity index (χ3n) is 5.53. The summed E-state index contributed by atoms with van der Waals surface area (Å²) in [6.45, 7) is 6.83. The summed E-state index contributed by atoms with van der Waals surface area (Å²) in [4.78, 5) is 27.9. The molecular weight excluding hydrogens is 470 g/mol. The zero-order chi connectivity index (χ0) is 26.3. The fraction of sp³-hybridized carbons (Fsp3) is 0.440. The van der Waals surface area contributed by atoms with E-state index in [1.165, 1.54) is 25.2 Å². The van der Waals surface area contributed by atoms with Crippen LogP contribution in [0.5, 0.6) is 11.5 Å². The summed E-state index contributed by atoms with van der Waals surface area (Å²) >= 11 is 0. The van der Waals surface area contributed by atoms with Crippen molar-refractivity contribution in [3.63, 3.8) is 0 Å². The maximum absolute atomic E-state index is 13.6. The van der Waals surface area contributed by atoms with Gasteiger partial charge in [-0.15, -0.1) is 0 Å². The standard InChI is InChI=1S/C25H35N3O6S/c1-17(2)26-25(30)19(4)27(15-20-11-9-8-10-18(20)3)24(29)16-28(35(7,31)32)22-14-21(33-5)12-13-23(22)34-6/h8-14,17,19H,15-16H2,1-7H3,(H,26,30)/t19-/m0/s1. The molecule has 0 unspecified atom stereocenters. The van der Waals surface area contributed by atoms with Gasteiger partial charge in [-0.2, -0.15) is 0 Å². The molecule has 0 fully saturated rings. The average molecular weight is 506 g/mol. The number of hydrogen-bond acceptors (Lipinski definition) is 6. The van der Waals surface area contributed by atoms with Crippen LogP contribution < -0.4 is 19.1 Å². The summed E-state index contributed by atoms with van der Waals surface area (Å²) in [5.74, 6) is -0.190. The van der Waals surface area contributed by atoms with Gasteiger partial charge in [0.05, 0.1) is 26.2 Å². The van der Waals surface area contributed by atoms with Crippen molar-refractivity contribution in [2.24, 2.45) is 0 Å². The molecule has 0 aliphatic heterocycles. The minimum atomic E-state index is -3.90. The van der Waals surface area contributed by atoms with Crippen molar-refractivity contribution in [1.82, 2.24) is 10.2 Å². The quantitative estimate of drug-likeness (QED) is 0.504. The van der Waals surface area contributed by atoms with Gasteiger partial charge in [0, 0.05) is 18.7 Å². The molecule has 0 spiro atoms. The number of carbonyl (C=O) groups is 2. The van der Waals surface area contributed by atoms with Gasteiger partial charge < -0.3 is 19.7 Å². The Morgan fingerprint density at radius 2 is 1.69 bits per heavy atom. The maximum Gasteiger partial charge on any atom is 0.244 e. The van der Waals surface area contributed by atoms with Crippen LogP contribution in [0.25, 0.3) is 0 Å². The average Bonchev–Trinajstić information content (AvgIpc) is 2.79. The first-order valence-electron chi connectivity index (χ1n) is 11.2. The highest BCUT2D eigenvalue weighted by Crippen LogP contribution is 2.34. The molecule has 0 aliphatic carbocycles. The molecule has 2 aromatic rings. The zero-order valence-electron chi connectivity index (χ0n) is 21.4. The summed E-state index contributed by atoms with van der Waals surface area (Å²) in [7, 11) is -1.03. The van der Waals surface area contributed by atoms with Crippen LogP contribution in [0.2, 0.25) is 0 Å². The van der Waals surface area contributed by atoms with Gasteiger partial charge in [-0.25, -0.2) is 8.42 Å². The number of methoxy groups -OCH3 is 2. The number of ether oxygens (including phenoxy) is 2. The number of nitrogens with one attached hydrogen (secondary N) is 1. The molecule has 2 rings (SSSR count).